The lowest BCUT2D eigenvalue weighted by Crippen LogP contribution is -2.33. The van der Waals surface area contributed by atoms with Crippen LogP contribution in [-0.2, 0) is 9.47 Å². The van der Waals surface area contributed by atoms with Crippen LogP contribution in [-0.4, -0.2) is 29.7 Å². The summed E-state index contributed by atoms with van der Waals surface area (Å²) in [6.07, 6.45) is 3.10. The molecule has 84 valence electrons. The highest BCUT2D eigenvalue weighted by molar-refractivity contribution is 4.79. The number of rotatable bonds is 5. The van der Waals surface area contributed by atoms with E-state index in [9.17, 15) is 5.11 Å². The summed E-state index contributed by atoms with van der Waals surface area (Å²) in [5.74, 6) is -0.460. The van der Waals surface area contributed by atoms with Crippen molar-refractivity contribution in [3.63, 3.8) is 0 Å². The van der Waals surface area contributed by atoms with E-state index in [1.165, 1.54) is 0 Å². The monoisotopic (exact) mass is 202 g/mol. The first kappa shape index (κ1) is 12.0. The maximum atomic E-state index is 10.1. The minimum absolute atomic E-state index is 0.460. The van der Waals surface area contributed by atoms with Crippen LogP contribution in [0.15, 0.2) is 0 Å². The third-order valence-electron chi connectivity index (χ3n) is 3.26. The largest absolute Gasteiger partial charge is 0.390 e. The molecule has 1 aliphatic rings. The topological polar surface area (TPSA) is 38.7 Å². The molecule has 1 heterocycles. The minimum Gasteiger partial charge on any atom is -0.390 e. The van der Waals surface area contributed by atoms with Crippen LogP contribution in [0.4, 0.5) is 0 Å². The fraction of sp³-hybridized carbons (Fsp3) is 1.00. The first-order chi connectivity index (χ1) is 6.54. The summed E-state index contributed by atoms with van der Waals surface area (Å²) >= 11 is 0. The van der Waals surface area contributed by atoms with Crippen LogP contribution < -0.4 is 0 Å². The quantitative estimate of drug-likeness (QED) is 0.742. The summed E-state index contributed by atoms with van der Waals surface area (Å²) in [4.78, 5) is 0. The number of aliphatic hydroxyl groups is 1. The molecule has 0 spiro atoms. The highest BCUT2D eigenvalue weighted by Gasteiger charge is 2.34. The van der Waals surface area contributed by atoms with Crippen molar-refractivity contribution >= 4 is 0 Å². The van der Waals surface area contributed by atoms with Crippen molar-refractivity contribution in [3.05, 3.63) is 0 Å². The van der Waals surface area contributed by atoms with Crippen molar-refractivity contribution < 1.29 is 14.6 Å². The molecule has 0 radical (unpaired) electrons. The molecule has 0 atom stereocenters. The van der Waals surface area contributed by atoms with Crippen LogP contribution >= 0.6 is 0 Å². The molecule has 0 bridgehead atoms. The molecular weight excluding hydrogens is 180 g/mol. The van der Waals surface area contributed by atoms with Gasteiger partial charge in [-0.1, -0.05) is 13.8 Å². The van der Waals surface area contributed by atoms with E-state index < -0.39 is 11.4 Å². The fourth-order valence-electron chi connectivity index (χ4n) is 1.76. The van der Waals surface area contributed by atoms with Gasteiger partial charge in [-0.3, -0.25) is 0 Å². The molecule has 3 nitrogen and oxygen atoms in total. The van der Waals surface area contributed by atoms with Crippen molar-refractivity contribution in [2.75, 3.05) is 13.2 Å². The van der Waals surface area contributed by atoms with Crippen molar-refractivity contribution in [3.8, 4) is 0 Å². The van der Waals surface area contributed by atoms with E-state index in [0.29, 0.717) is 13.2 Å². The molecule has 0 amide bonds. The summed E-state index contributed by atoms with van der Waals surface area (Å²) in [6.45, 7) is 7.33. The molecule has 1 aliphatic heterocycles. The Hall–Kier alpha value is -0.120. The summed E-state index contributed by atoms with van der Waals surface area (Å²) in [6, 6.07) is 0. The van der Waals surface area contributed by atoms with E-state index in [-0.39, 0.29) is 0 Å². The van der Waals surface area contributed by atoms with E-state index >= 15 is 0 Å². The number of hydrogen-bond donors (Lipinski definition) is 1. The Labute approximate surface area is 86.4 Å². The Morgan fingerprint density at radius 3 is 2.14 bits per heavy atom. The Morgan fingerprint density at radius 2 is 1.71 bits per heavy atom. The predicted octanol–water partition coefficient (Wildman–Crippen LogP) is 2.08. The Bertz CT molecular complexity index is 165. The maximum Gasteiger partial charge on any atom is 0.165 e. The van der Waals surface area contributed by atoms with Gasteiger partial charge in [0.15, 0.2) is 5.79 Å². The van der Waals surface area contributed by atoms with Crippen LogP contribution in [0, 0.1) is 0 Å². The third kappa shape index (κ3) is 2.94. The van der Waals surface area contributed by atoms with Crippen LogP contribution in [0.3, 0.4) is 0 Å². The first-order valence-corrected chi connectivity index (χ1v) is 5.54. The van der Waals surface area contributed by atoms with Gasteiger partial charge in [0.1, 0.15) is 0 Å². The normalized spacial score (nSPS) is 21.4. The lowest BCUT2D eigenvalue weighted by Gasteiger charge is -2.30. The zero-order valence-electron chi connectivity index (χ0n) is 9.51. The molecule has 0 aromatic carbocycles. The van der Waals surface area contributed by atoms with Gasteiger partial charge in [0.05, 0.1) is 18.8 Å². The second kappa shape index (κ2) is 4.60. The molecule has 14 heavy (non-hydrogen) atoms. The Morgan fingerprint density at radius 1 is 1.21 bits per heavy atom. The van der Waals surface area contributed by atoms with Crippen molar-refractivity contribution in [2.45, 2.75) is 57.8 Å². The molecule has 1 saturated heterocycles. The van der Waals surface area contributed by atoms with E-state index in [2.05, 4.69) is 0 Å². The van der Waals surface area contributed by atoms with Gasteiger partial charge in [0, 0.05) is 6.42 Å². The summed E-state index contributed by atoms with van der Waals surface area (Å²) in [5, 5.41) is 10.1. The van der Waals surface area contributed by atoms with Crippen molar-refractivity contribution in [1.29, 1.82) is 0 Å². The van der Waals surface area contributed by atoms with E-state index in [0.717, 1.165) is 25.7 Å². The Kier molecular flexibility index (Phi) is 3.93. The number of ether oxygens (including phenoxy) is 2. The van der Waals surface area contributed by atoms with Gasteiger partial charge in [-0.05, 0) is 26.2 Å². The Balaban J connectivity index is 2.38. The van der Waals surface area contributed by atoms with Crippen LogP contribution in [0.1, 0.15) is 46.5 Å². The molecular formula is C11H22O3. The van der Waals surface area contributed by atoms with Crippen molar-refractivity contribution in [2.24, 2.45) is 0 Å². The minimum atomic E-state index is -0.543. The smallest absolute Gasteiger partial charge is 0.165 e. The number of hydrogen-bond acceptors (Lipinski definition) is 3. The van der Waals surface area contributed by atoms with Crippen LogP contribution in [0.5, 0.6) is 0 Å². The van der Waals surface area contributed by atoms with Gasteiger partial charge in [0.25, 0.3) is 0 Å². The zero-order chi connectivity index (χ0) is 10.7. The predicted molar refractivity (Wildman–Crippen MR) is 55.1 cm³/mol. The molecule has 1 fully saturated rings. The standard InChI is InChI=1S/C11H22O3/c1-4-11(12,5-2)7-6-10(3)13-8-9-14-10/h12H,4-9H2,1-3H3. The molecule has 3 heteroatoms. The second-order valence-corrected chi connectivity index (χ2v) is 4.26. The zero-order valence-corrected chi connectivity index (χ0v) is 9.51. The van der Waals surface area contributed by atoms with Gasteiger partial charge in [-0.25, -0.2) is 0 Å². The lowest BCUT2D eigenvalue weighted by atomic mass is 9.90. The third-order valence-corrected chi connectivity index (χ3v) is 3.26. The summed E-state index contributed by atoms with van der Waals surface area (Å²) in [5.41, 5.74) is -0.543. The summed E-state index contributed by atoms with van der Waals surface area (Å²) < 4.78 is 11.0. The second-order valence-electron chi connectivity index (χ2n) is 4.26. The van der Waals surface area contributed by atoms with Crippen molar-refractivity contribution in [1.82, 2.24) is 0 Å². The summed E-state index contributed by atoms with van der Waals surface area (Å²) in [7, 11) is 0. The highest BCUT2D eigenvalue weighted by Crippen LogP contribution is 2.30. The average molecular weight is 202 g/mol. The van der Waals surface area contributed by atoms with Gasteiger partial charge < -0.3 is 14.6 Å². The molecule has 1 rings (SSSR count). The van der Waals surface area contributed by atoms with Crippen LogP contribution in [0.25, 0.3) is 0 Å². The van der Waals surface area contributed by atoms with Gasteiger partial charge in [-0.15, -0.1) is 0 Å². The lowest BCUT2D eigenvalue weighted by molar-refractivity contribution is -0.156. The van der Waals surface area contributed by atoms with Gasteiger partial charge >= 0.3 is 0 Å². The average Bonchev–Trinajstić information content (AvgIpc) is 2.63. The first-order valence-electron chi connectivity index (χ1n) is 5.54. The molecule has 1 N–H and O–H groups in total. The van der Waals surface area contributed by atoms with E-state index in [4.69, 9.17) is 9.47 Å². The van der Waals surface area contributed by atoms with Gasteiger partial charge in [-0.2, -0.15) is 0 Å². The molecule has 0 saturated carbocycles. The molecule has 0 aromatic heterocycles. The molecule has 0 aromatic rings. The van der Waals surface area contributed by atoms with Gasteiger partial charge in [0.2, 0.25) is 0 Å². The van der Waals surface area contributed by atoms with E-state index in [1.54, 1.807) is 0 Å². The van der Waals surface area contributed by atoms with E-state index in [1.807, 2.05) is 20.8 Å². The highest BCUT2D eigenvalue weighted by atomic mass is 16.7. The van der Waals surface area contributed by atoms with Crippen LogP contribution in [0.2, 0.25) is 0 Å². The molecule has 0 unspecified atom stereocenters. The SMILES string of the molecule is CCC(O)(CC)CCC1(C)OCCO1. The maximum absolute atomic E-state index is 10.1. The fourth-order valence-corrected chi connectivity index (χ4v) is 1.76. The molecule has 0 aliphatic carbocycles.